The number of nitrogens with zero attached hydrogens (tertiary/aromatic N) is 2. The summed E-state index contributed by atoms with van der Waals surface area (Å²) in [5.74, 6) is -0.336. The van der Waals surface area contributed by atoms with Gasteiger partial charge in [-0.05, 0) is 43.2 Å². The molecule has 4 rings (SSSR count). The molecule has 1 saturated heterocycles. The van der Waals surface area contributed by atoms with Gasteiger partial charge in [-0.2, -0.15) is 0 Å². The molecule has 0 bridgehead atoms. The first kappa shape index (κ1) is 22.0. The molecule has 1 fully saturated rings. The number of rotatable bonds is 7. The first-order valence-corrected chi connectivity index (χ1v) is 11.4. The first-order chi connectivity index (χ1) is 15.5. The topological polar surface area (TPSA) is 102 Å². The number of ether oxygens (including phenoxy) is 1. The smallest absolute Gasteiger partial charge is 0.262 e. The zero-order valence-electron chi connectivity index (χ0n) is 17.7. The zero-order chi connectivity index (χ0) is 22.5. The highest BCUT2D eigenvalue weighted by Crippen LogP contribution is 2.22. The molecule has 32 heavy (non-hydrogen) atoms. The van der Waals surface area contributed by atoms with Crippen molar-refractivity contribution >= 4 is 45.9 Å². The maximum atomic E-state index is 13.1. The average Bonchev–Trinajstić information content (AvgIpc) is 3.28. The van der Waals surface area contributed by atoms with Crippen LogP contribution in [0.3, 0.4) is 0 Å². The monoisotopic (exact) mass is 452 g/mol. The largest absolute Gasteiger partial charge is 0.376 e. The lowest BCUT2D eigenvalue weighted by Crippen LogP contribution is -2.29. The molecular weight excluding hydrogens is 428 g/mol. The number of carbonyl (C=O) groups is 2. The number of thioether (sulfide) groups is 1. The Morgan fingerprint density at radius 3 is 2.69 bits per heavy atom. The van der Waals surface area contributed by atoms with Crippen LogP contribution in [0.1, 0.15) is 19.8 Å². The van der Waals surface area contributed by atoms with E-state index in [0.29, 0.717) is 40.6 Å². The van der Waals surface area contributed by atoms with Gasteiger partial charge in [-0.1, -0.05) is 30.0 Å². The fraction of sp³-hybridized carbons (Fsp3) is 0.304. The standard InChI is InChI=1S/C23H24N4O4S/c1-15(28)24-16-6-4-7-17(12-16)25-21(29)14-32-23-26-20-10-3-2-9-19(20)22(30)27(23)13-18-8-5-11-31-18/h2-4,6-7,9-10,12,18H,5,8,11,13-14H2,1H3,(H,24,28)(H,25,29). The predicted molar refractivity (Wildman–Crippen MR) is 125 cm³/mol. The molecular formula is C23H24N4O4S. The number of fused-ring (bicyclic) bond motifs is 1. The predicted octanol–water partition coefficient (Wildman–Crippen LogP) is 3.26. The van der Waals surface area contributed by atoms with Crippen LogP contribution in [0.5, 0.6) is 0 Å². The van der Waals surface area contributed by atoms with E-state index in [2.05, 4.69) is 15.6 Å². The van der Waals surface area contributed by atoms with Crippen LogP contribution < -0.4 is 16.2 Å². The highest BCUT2D eigenvalue weighted by molar-refractivity contribution is 7.99. The fourth-order valence-corrected chi connectivity index (χ4v) is 4.42. The van der Waals surface area contributed by atoms with Gasteiger partial charge in [0.25, 0.3) is 5.56 Å². The van der Waals surface area contributed by atoms with Gasteiger partial charge in [0.1, 0.15) is 0 Å². The Labute approximate surface area is 189 Å². The molecule has 3 aromatic rings. The lowest BCUT2D eigenvalue weighted by Gasteiger charge is -2.16. The molecule has 1 aliphatic rings. The molecule has 1 unspecified atom stereocenters. The summed E-state index contributed by atoms with van der Waals surface area (Å²) in [7, 11) is 0. The third-order valence-electron chi connectivity index (χ3n) is 5.04. The molecule has 8 nitrogen and oxygen atoms in total. The Kier molecular flexibility index (Phi) is 6.87. The van der Waals surface area contributed by atoms with Crippen molar-refractivity contribution < 1.29 is 14.3 Å². The summed E-state index contributed by atoms with van der Waals surface area (Å²) in [5, 5.41) is 6.55. The summed E-state index contributed by atoms with van der Waals surface area (Å²) in [6, 6.07) is 14.1. The van der Waals surface area contributed by atoms with Gasteiger partial charge in [-0.3, -0.25) is 19.0 Å². The number of carbonyl (C=O) groups excluding carboxylic acids is 2. The zero-order valence-corrected chi connectivity index (χ0v) is 18.5. The molecule has 0 aliphatic carbocycles. The number of benzene rings is 2. The number of anilines is 2. The van der Waals surface area contributed by atoms with Crippen LogP contribution in [0.15, 0.2) is 58.5 Å². The van der Waals surface area contributed by atoms with E-state index < -0.39 is 0 Å². The second kappa shape index (κ2) is 9.97. The SMILES string of the molecule is CC(=O)Nc1cccc(NC(=O)CSc2nc3ccccc3c(=O)n2CC2CCCO2)c1. The van der Waals surface area contributed by atoms with Crippen LogP contribution in [-0.4, -0.2) is 39.8 Å². The van der Waals surface area contributed by atoms with Gasteiger partial charge in [-0.15, -0.1) is 0 Å². The molecule has 1 atom stereocenters. The highest BCUT2D eigenvalue weighted by atomic mass is 32.2. The fourth-order valence-electron chi connectivity index (χ4n) is 3.62. The average molecular weight is 453 g/mol. The second-order valence-corrected chi connectivity index (χ2v) is 8.50. The Morgan fingerprint density at radius 2 is 1.94 bits per heavy atom. The van der Waals surface area contributed by atoms with Crippen LogP contribution >= 0.6 is 11.8 Å². The Morgan fingerprint density at radius 1 is 1.16 bits per heavy atom. The molecule has 0 spiro atoms. The Bertz CT molecular complexity index is 1200. The molecule has 166 valence electrons. The van der Waals surface area contributed by atoms with Crippen molar-refractivity contribution in [2.24, 2.45) is 0 Å². The summed E-state index contributed by atoms with van der Waals surface area (Å²) in [6.07, 6.45) is 1.84. The quantitative estimate of drug-likeness (QED) is 0.421. The highest BCUT2D eigenvalue weighted by Gasteiger charge is 2.20. The van der Waals surface area contributed by atoms with Crippen LogP contribution in [0.4, 0.5) is 11.4 Å². The molecule has 1 aromatic heterocycles. The van der Waals surface area contributed by atoms with E-state index in [1.165, 1.54) is 18.7 Å². The van der Waals surface area contributed by atoms with E-state index in [4.69, 9.17) is 4.74 Å². The molecule has 2 N–H and O–H groups in total. The van der Waals surface area contributed by atoms with Crippen molar-refractivity contribution in [3.05, 3.63) is 58.9 Å². The molecule has 2 amide bonds. The number of hydrogen-bond acceptors (Lipinski definition) is 6. The van der Waals surface area contributed by atoms with E-state index in [1.54, 1.807) is 41.0 Å². The van der Waals surface area contributed by atoms with E-state index in [1.807, 2.05) is 12.1 Å². The van der Waals surface area contributed by atoms with E-state index >= 15 is 0 Å². The summed E-state index contributed by atoms with van der Waals surface area (Å²) in [4.78, 5) is 41.6. The van der Waals surface area contributed by atoms with Crippen LogP contribution in [0.25, 0.3) is 10.9 Å². The van der Waals surface area contributed by atoms with E-state index in [9.17, 15) is 14.4 Å². The van der Waals surface area contributed by atoms with E-state index in [0.717, 1.165) is 12.8 Å². The summed E-state index contributed by atoms with van der Waals surface area (Å²) < 4.78 is 7.33. The molecule has 0 saturated carbocycles. The number of aromatic nitrogens is 2. The number of para-hydroxylation sites is 1. The van der Waals surface area contributed by atoms with Crippen molar-refractivity contribution in [2.45, 2.75) is 37.6 Å². The Hall–Kier alpha value is -3.17. The maximum Gasteiger partial charge on any atom is 0.262 e. The van der Waals surface area contributed by atoms with Crippen molar-refractivity contribution in [1.29, 1.82) is 0 Å². The minimum atomic E-state index is -0.235. The minimum Gasteiger partial charge on any atom is -0.376 e. The second-order valence-electron chi connectivity index (χ2n) is 7.56. The van der Waals surface area contributed by atoms with Crippen molar-refractivity contribution in [3.8, 4) is 0 Å². The van der Waals surface area contributed by atoms with Gasteiger partial charge in [0.05, 0.1) is 29.3 Å². The summed E-state index contributed by atoms with van der Waals surface area (Å²) in [6.45, 7) is 2.54. The summed E-state index contributed by atoms with van der Waals surface area (Å²) in [5.41, 5.74) is 1.65. The van der Waals surface area contributed by atoms with Gasteiger partial charge in [-0.25, -0.2) is 4.98 Å². The lowest BCUT2D eigenvalue weighted by atomic mass is 10.2. The molecule has 0 radical (unpaired) electrons. The molecule has 1 aliphatic heterocycles. The number of nitrogens with one attached hydrogen (secondary N) is 2. The van der Waals surface area contributed by atoms with Crippen molar-refractivity contribution in [2.75, 3.05) is 23.0 Å². The molecule has 9 heteroatoms. The van der Waals surface area contributed by atoms with E-state index in [-0.39, 0.29) is 29.2 Å². The lowest BCUT2D eigenvalue weighted by molar-refractivity contribution is -0.114. The third kappa shape index (κ3) is 5.35. The molecule has 2 aromatic carbocycles. The molecule has 2 heterocycles. The summed E-state index contributed by atoms with van der Waals surface area (Å²) >= 11 is 1.22. The Balaban J connectivity index is 1.51. The van der Waals surface area contributed by atoms with Gasteiger partial charge < -0.3 is 15.4 Å². The van der Waals surface area contributed by atoms with Crippen LogP contribution in [-0.2, 0) is 20.9 Å². The maximum absolute atomic E-state index is 13.1. The number of amides is 2. The normalized spacial score (nSPS) is 15.6. The van der Waals surface area contributed by atoms with Crippen LogP contribution in [0, 0.1) is 0 Å². The first-order valence-electron chi connectivity index (χ1n) is 10.4. The van der Waals surface area contributed by atoms with Gasteiger partial charge >= 0.3 is 0 Å². The van der Waals surface area contributed by atoms with Gasteiger partial charge in [0.2, 0.25) is 11.8 Å². The van der Waals surface area contributed by atoms with Gasteiger partial charge in [0.15, 0.2) is 5.16 Å². The van der Waals surface area contributed by atoms with Crippen molar-refractivity contribution in [3.63, 3.8) is 0 Å². The van der Waals surface area contributed by atoms with Crippen molar-refractivity contribution in [1.82, 2.24) is 9.55 Å². The van der Waals surface area contributed by atoms with Crippen LogP contribution in [0.2, 0.25) is 0 Å². The third-order valence-corrected chi connectivity index (χ3v) is 6.01. The minimum absolute atomic E-state index is 0.0274. The van der Waals surface area contributed by atoms with Gasteiger partial charge in [0, 0.05) is 24.9 Å². The number of hydrogen-bond donors (Lipinski definition) is 2.